The summed E-state index contributed by atoms with van der Waals surface area (Å²) in [6.45, 7) is 2.83. The molecule has 1 aromatic heterocycles. The number of nitrogens with zero attached hydrogens (tertiary/aromatic N) is 2. The normalized spacial score (nSPS) is 17.2. The molecule has 0 radical (unpaired) electrons. The fourth-order valence-electron chi connectivity index (χ4n) is 2.84. The average Bonchev–Trinajstić information content (AvgIpc) is 3.23. The molecule has 0 bridgehead atoms. The summed E-state index contributed by atoms with van der Waals surface area (Å²) < 4.78 is 5.71. The van der Waals surface area contributed by atoms with Crippen LogP contribution in [0.5, 0.6) is 0 Å². The van der Waals surface area contributed by atoms with Crippen molar-refractivity contribution < 1.29 is 19.1 Å². The fraction of sp³-hybridized carbons (Fsp3) is 0.389. The summed E-state index contributed by atoms with van der Waals surface area (Å²) in [5, 5.41) is 8.99. The molecule has 0 saturated carbocycles. The molecule has 3 rings (SSSR count). The molecule has 0 spiro atoms. The monoisotopic (exact) mass is 328 g/mol. The SMILES string of the molecule is Cc1ccc(-c2cnc(CCC(=O)N3CC[C@H](C(=O)O)C3)o2)cc1. The molecule has 2 aromatic rings. The van der Waals surface area contributed by atoms with E-state index in [9.17, 15) is 9.59 Å². The Morgan fingerprint density at radius 2 is 2.08 bits per heavy atom. The zero-order valence-electron chi connectivity index (χ0n) is 13.6. The number of aryl methyl sites for hydroxylation is 2. The Labute approximate surface area is 140 Å². The number of hydrogen-bond donors (Lipinski definition) is 1. The molecule has 6 nitrogen and oxygen atoms in total. The predicted molar refractivity (Wildman–Crippen MR) is 87.3 cm³/mol. The van der Waals surface area contributed by atoms with Crippen LogP contribution < -0.4 is 0 Å². The summed E-state index contributed by atoms with van der Waals surface area (Å²) in [5.41, 5.74) is 2.13. The lowest BCUT2D eigenvalue weighted by Gasteiger charge is -2.14. The number of likely N-dealkylation sites (tertiary alicyclic amines) is 1. The van der Waals surface area contributed by atoms with E-state index in [4.69, 9.17) is 9.52 Å². The van der Waals surface area contributed by atoms with Crippen molar-refractivity contribution in [3.63, 3.8) is 0 Å². The zero-order valence-corrected chi connectivity index (χ0v) is 13.6. The summed E-state index contributed by atoms with van der Waals surface area (Å²) in [7, 11) is 0. The number of carbonyl (C=O) groups excluding carboxylic acids is 1. The second kappa shape index (κ2) is 6.86. The van der Waals surface area contributed by atoms with Crippen LogP contribution in [0.15, 0.2) is 34.9 Å². The summed E-state index contributed by atoms with van der Waals surface area (Å²) in [6, 6.07) is 7.96. The van der Waals surface area contributed by atoms with Crippen LogP contribution >= 0.6 is 0 Å². The summed E-state index contributed by atoms with van der Waals surface area (Å²) in [6.07, 6.45) is 2.89. The molecule has 6 heteroatoms. The molecule has 1 aliphatic rings. The van der Waals surface area contributed by atoms with Gasteiger partial charge < -0.3 is 14.4 Å². The van der Waals surface area contributed by atoms with E-state index in [1.807, 2.05) is 31.2 Å². The van der Waals surface area contributed by atoms with Crippen LogP contribution in [0.3, 0.4) is 0 Å². The number of carboxylic acid groups (broad SMARTS) is 1. The molecule has 1 aromatic carbocycles. The van der Waals surface area contributed by atoms with E-state index in [1.54, 1.807) is 11.1 Å². The highest BCUT2D eigenvalue weighted by atomic mass is 16.4. The number of amides is 1. The molecule has 1 N–H and O–H groups in total. The van der Waals surface area contributed by atoms with E-state index >= 15 is 0 Å². The third kappa shape index (κ3) is 3.64. The molecular formula is C18H20N2O4. The Kier molecular flexibility index (Phi) is 4.64. The van der Waals surface area contributed by atoms with Gasteiger partial charge in [0.2, 0.25) is 5.91 Å². The van der Waals surface area contributed by atoms with Crippen molar-refractivity contribution in [2.24, 2.45) is 5.92 Å². The molecule has 0 unspecified atom stereocenters. The van der Waals surface area contributed by atoms with Gasteiger partial charge in [-0.15, -0.1) is 0 Å². The highest BCUT2D eigenvalue weighted by Crippen LogP contribution is 2.22. The van der Waals surface area contributed by atoms with Crippen LogP contribution in [0.2, 0.25) is 0 Å². The standard InChI is InChI=1S/C18H20N2O4/c1-12-2-4-13(5-3-12)15-10-19-16(24-15)6-7-17(21)20-9-8-14(11-20)18(22)23/h2-5,10,14H,6-9,11H2,1H3,(H,22,23)/t14-/m0/s1. The first-order valence-corrected chi connectivity index (χ1v) is 8.05. The third-order valence-corrected chi connectivity index (χ3v) is 4.33. The topological polar surface area (TPSA) is 83.6 Å². The number of aliphatic carboxylic acids is 1. The number of carbonyl (C=O) groups is 2. The maximum atomic E-state index is 12.2. The van der Waals surface area contributed by atoms with Gasteiger partial charge >= 0.3 is 5.97 Å². The maximum Gasteiger partial charge on any atom is 0.308 e. The minimum atomic E-state index is -0.833. The van der Waals surface area contributed by atoms with Gasteiger partial charge in [0.25, 0.3) is 0 Å². The summed E-state index contributed by atoms with van der Waals surface area (Å²) in [4.78, 5) is 28.9. The van der Waals surface area contributed by atoms with Gasteiger partial charge in [-0.25, -0.2) is 4.98 Å². The van der Waals surface area contributed by atoms with Crippen molar-refractivity contribution in [2.75, 3.05) is 13.1 Å². The van der Waals surface area contributed by atoms with Crippen molar-refractivity contribution in [1.29, 1.82) is 0 Å². The Morgan fingerprint density at radius 3 is 2.75 bits per heavy atom. The van der Waals surface area contributed by atoms with Gasteiger partial charge in [0.1, 0.15) is 0 Å². The quantitative estimate of drug-likeness (QED) is 0.912. The lowest BCUT2D eigenvalue weighted by atomic mass is 10.1. The van der Waals surface area contributed by atoms with Crippen LogP contribution in [0, 0.1) is 12.8 Å². The van der Waals surface area contributed by atoms with Gasteiger partial charge in [-0.05, 0) is 13.3 Å². The second-order valence-electron chi connectivity index (χ2n) is 6.15. The first kappa shape index (κ1) is 16.2. The minimum Gasteiger partial charge on any atom is -0.481 e. The molecule has 2 heterocycles. The van der Waals surface area contributed by atoms with E-state index in [1.165, 1.54) is 5.56 Å². The van der Waals surface area contributed by atoms with Crippen molar-refractivity contribution in [3.8, 4) is 11.3 Å². The molecule has 1 fully saturated rings. The first-order valence-electron chi connectivity index (χ1n) is 8.05. The Balaban J connectivity index is 1.55. The van der Waals surface area contributed by atoms with Crippen LogP contribution in [-0.2, 0) is 16.0 Å². The maximum absolute atomic E-state index is 12.2. The van der Waals surface area contributed by atoms with Crippen LogP contribution in [0.25, 0.3) is 11.3 Å². The van der Waals surface area contributed by atoms with Crippen molar-refractivity contribution >= 4 is 11.9 Å². The highest BCUT2D eigenvalue weighted by Gasteiger charge is 2.30. The van der Waals surface area contributed by atoms with Crippen molar-refractivity contribution in [3.05, 3.63) is 41.9 Å². The van der Waals surface area contributed by atoms with Crippen molar-refractivity contribution in [1.82, 2.24) is 9.88 Å². The molecule has 126 valence electrons. The number of benzene rings is 1. The van der Waals surface area contributed by atoms with E-state index < -0.39 is 11.9 Å². The Morgan fingerprint density at radius 1 is 1.33 bits per heavy atom. The number of aromatic nitrogens is 1. The lowest BCUT2D eigenvalue weighted by Crippen LogP contribution is -2.30. The van der Waals surface area contributed by atoms with Crippen LogP contribution in [0.1, 0.15) is 24.3 Å². The Bertz CT molecular complexity index is 736. The summed E-state index contributed by atoms with van der Waals surface area (Å²) >= 11 is 0. The number of carboxylic acids is 1. The minimum absolute atomic E-state index is 0.0474. The number of oxazole rings is 1. The second-order valence-corrected chi connectivity index (χ2v) is 6.15. The van der Waals surface area contributed by atoms with Crippen LogP contribution in [0.4, 0.5) is 0 Å². The number of hydrogen-bond acceptors (Lipinski definition) is 4. The van der Waals surface area contributed by atoms with E-state index in [0.29, 0.717) is 37.6 Å². The smallest absolute Gasteiger partial charge is 0.308 e. The molecule has 1 saturated heterocycles. The van der Waals surface area contributed by atoms with Gasteiger partial charge in [-0.3, -0.25) is 9.59 Å². The predicted octanol–water partition coefficient (Wildman–Crippen LogP) is 2.52. The van der Waals surface area contributed by atoms with Gasteiger partial charge in [0.05, 0.1) is 12.1 Å². The Hall–Kier alpha value is -2.63. The number of rotatable bonds is 5. The highest BCUT2D eigenvalue weighted by molar-refractivity contribution is 5.78. The van der Waals surface area contributed by atoms with Gasteiger partial charge in [-0.2, -0.15) is 0 Å². The summed E-state index contributed by atoms with van der Waals surface area (Å²) in [5.74, 6) is -0.115. The average molecular weight is 328 g/mol. The van der Waals surface area contributed by atoms with Crippen molar-refractivity contribution in [2.45, 2.75) is 26.2 Å². The largest absolute Gasteiger partial charge is 0.481 e. The fourth-order valence-corrected chi connectivity index (χ4v) is 2.84. The molecular weight excluding hydrogens is 308 g/mol. The van der Waals surface area contributed by atoms with Gasteiger partial charge in [0.15, 0.2) is 11.7 Å². The molecule has 1 amide bonds. The molecule has 24 heavy (non-hydrogen) atoms. The zero-order chi connectivity index (χ0) is 17.1. The van der Waals surface area contributed by atoms with E-state index in [2.05, 4.69) is 4.98 Å². The van der Waals surface area contributed by atoms with E-state index in [0.717, 1.165) is 5.56 Å². The van der Waals surface area contributed by atoms with Crippen LogP contribution in [-0.4, -0.2) is 40.0 Å². The van der Waals surface area contributed by atoms with Gasteiger partial charge in [-0.1, -0.05) is 29.8 Å². The first-order chi connectivity index (χ1) is 11.5. The third-order valence-electron chi connectivity index (χ3n) is 4.33. The molecule has 1 aliphatic heterocycles. The molecule has 1 atom stereocenters. The molecule has 0 aliphatic carbocycles. The van der Waals surface area contributed by atoms with Gasteiger partial charge in [0, 0.05) is 31.5 Å². The van der Waals surface area contributed by atoms with E-state index in [-0.39, 0.29) is 12.3 Å². The lowest BCUT2D eigenvalue weighted by molar-refractivity contribution is -0.141.